The number of anilines is 2. The summed E-state index contributed by atoms with van der Waals surface area (Å²) in [6.45, 7) is 8.31. The molecule has 8 nitrogen and oxygen atoms in total. The molecule has 0 aliphatic carbocycles. The van der Waals surface area contributed by atoms with Crippen LogP contribution in [0.15, 0.2) is 27.7 Å². The molecule has 146 valence electrons. The molecule has 0 unspecified atom stereocenters. The summed E-state index contributed by atoms with van der Waals surface area (Å²) in [5.41, 5.74) is 4.70. The second-order valence-electron chi connectivity index (χ2n) is 6.36. The molecular formula is C19H27N5O3. The van der Waals surface area contributed by atoms with Crippen molar-refractivity contribution in [3.05, 3.63) is 35.2 Å². The van der Waals surface area contributed by atoms with Crippen LogP contribution in [0.3, 0.4) is 0 Å². The largest absolute Gasteiger partial charge is 0.492 e. The second-order valence-corrected chi connectivity index (χ2v) is 6.36. The van der Waals surface area contributed by atoms with E-state index < -0.39 is 0 Å². The van der Waals surface area contributed by atoms with Gasteiger partial charge in [-0.2, -0.15) is 5.10 Å². The molecule has 2 N–H and O–H groups in total. The number of rotatable bonds is 8. The topological polar surface area (TPSA) is 84.2 Å². The first-order valence-corrected chi connectivity index (χ1v) is 9.14. The summed E-state index contributed by atoms with van der Waals surface area (Å²) in [5.74, 6) is 3.12. The van der Waals surface area contributed by atoms with Crippen molar-refractivity contribution in [2.75, 3.05) is 56.8 Å². The number of nitrogens with zero attached hydrogens (tertiary/aromatic N) is 3. The monoisotopic (exact) mass is 373 g/mol. The SMILES string of the molecule is CNCCOc1cc(C=NNc2cc(C)c(C)o2)nc(N2CCOCC2)c1. The number of morpholine rings is 1. The summed E-state index contributed by atoms with van der Waals surface area (Å²) in [7, 11) is 1.90. The van der Waals surface area contributed by atoms with Gasteiger partial charge < -0.3 is 24.1 Å². The van der Waals surface area contributed by atoms with Crippen LogP contribution in [0.2, 0.25) is 0 Å². The Morgan fingerprint density at radius 2 is 2.07 bits per heavy atom. The maximum absolute atomic E-state index is 5.84. The molecular weight excluding hydrogens is 346 g/mol. The molecule has 2 aromatic rings. The Labute approximate surface area is 159 Å². The van der Waals surface area contributed by atoms with Crippen molar-refractivity contribution in [3.8, 4) is 5.75 Å². The average molecular weight is 373 g/mol. The Balaban J connectivity index is 1.74. The lowest BCUT2D eigenvalue weighted by Gasteiger charge is -2.28. The molecule has 27 heavy (non-hydrogen) atoms. The minimum absolute atomic E-state index is 0.586. The van der Waals surface area contributed by atoms with E-state index in [9.17, 15) is 0 Å². The van der Waals surface area contributed by atoms with E-state index in [-0.39, 0.29) is 0 Å². The Morgan fingerprint density at radius 3 is 2.78 bits per heavy atom. The Hall–Kier alpha value is -2.58. The molecule has 1 fully saturated rings. The van der Waals surface area contributed by atoms with Gasteiger partial charge in [-0.25, -0.2) is 10.4 Å². The number of hydrogen-bond donors (Lipinski definition) is 2. The zero-order valence-corrected chi connectivity index (χ0v) is 16.1. The van der Waals surface area contributed by atoms with E-state index in [4.69, 9.17) is 18.9 Å². The highest BCUT2D eigenvalue weighted by molar-refractivity contribution is 5.79. The first kappa shape index (κ1) is 19.2. The third-order valence-electron chi connectivity index (χ3n) is 4.30. The van der Waals surface area contributed by atoms with Crippen LogP contribution in [0.4, 0.5) is 11.7 Å². The van der Waals surface area contributed by atoms with Gasteiger partial charge in [-0.15, -0.1) is 0 Å². The molecule has 0 atom stereocenters. The van der Waals surface area contributed by atoms with Gasteiger partial charge in [0.15, 0.2) is 0 Å². The highest BCUT2D eigenvalue weighted by atomic mass is 16.5. The van der Waals surface area contributed by atoms with Crippen LogP contribution in [-0.4, -0.2) is 57.7 Å². The van der Waals surface area contributed by atoms with Gasteiger partial charge in [0.2, 0.25) is 5.88 Å². The van der Waals surface area contributed by atoms with Gasteiger partial charge in [-0.3, -0.25) is 0 Å². The number of ether oxygens (including phenoxy) is 2. The Bertz CT molecular complexity index is 749. The lowest BCUT2D eigenvalue weighted by Crippen LogP contribution is -2.36. The molecule has 0 aromatic carbocycles. The summed E-state index contributed by atoms with van der Waals surface area (Å²) in [5, 5.41) is 7.32. The van der Waals surface area contributed by atoms with Crippen molar-refractivity contribution in [3.63, 3.8) is 0 Å². The zero-order valence-electron chi connectivity index (χ0n) is 16.1. The van der Waals surface area contributed by atoms with Gasteiger partial charge in [0.1, 0.15) is 23.9 Å². The van der Waals surface area contributed by atoms with E-state index in [1.807, 2.05) is 39.1 Å². The number of nitrogens with one attached hydrogen (secondary N) is 2. The number of likely N-dealkylation sites (N-methyl/N-ethyl adjacent to an activating group) is 1. The van der Waals surface area contributed by atoms with Crippen molar-refractivity contribution >= 4 is 17.9 Å². The quantitative estimate of drug-likeness (QED) is 0.417. The summed E-state index contributed by atoms with van der Waals surface area (Å²) in [6, 6.07) is 5.75. The predicted octanol–water partition coefficient (Wildman–Crippen LogP) is 2.17. The molecule has 3 heterocycles. The summed E-state index contributed by atoms with van der Waals surface area (Å²) in [6.07, 6.45) is 1.67. The van der Waals surface area contributed by atoms with Crippen LogP contribution in [0, 0.1) is 13.8 Å². The van der Waals surface area contributed by atoms with Crippen LogP contribution in [0.5, 0.6) is 5.75 Å². The second kappa shape index (κ2) is 9.38. The normalized spacial score (nSPS) is 14.7. The maximum Gasteiger partial charge on any atom is 0.213 e. The van der Waals surface area contributed by atoms with Gasteiger partial charge in [0.25, 0.3) is 0 Å². The number of pyridine rings is 1. The van der Waals surface area contributed by atoms with Crippen LogP contribution in [0.25, 0.3) is 0 Å². The van der Waals surface area contributed by atoms with E-state index >= 15 is 0 Å². The number of furan rings is 1. The van der Waals surface area contributed by atoms with Crippen molar-refractivity contribution < 1.29 is 13.9 Å². The number of hydrogen-bond acceptors (Lipinski definition) is 8. The highest BCUT2D eigenvalue weighted by Crippen LogP contribution is 2.22. The number of aromatic nitrogens is 1. The van der Waals surface area contributed by atoms with E-state index in [0.717, 1.165) is 42.5 Å². The molecule has 0 amide bonds. The van der Waals surface area contributed by atoms with Gasteiger partial charge in [0, 0.05) is 37.8 Å². The maximum atomic E-state index is 5.84. The van der Waals surface area contributed by atoms with E-state index in [1.54, 1.807) is 6.21 Å². The van der Waals surface area contributed by atoms with E-state index in [0.29, 0.717) is 31.4 Å². The van der Waals surface area contributed by atoms with Gasteiger partial charge >= 0.3 is 0 Å². The molecule has 0 spiro atoms. The molecule has 2 aromatic heterocycles. The predicted molar refractivity (Wildman–Crippen MR) is 106 cm³/mol. The number of hydrazone groups is 1. The Kier molecular flexibility index (Phi) is 6.67. The van der Waals surface area contributed by atoms with Gasteiger partial charge in [0.05, 0.1) is 25.1 Å². The van der Waals surface area contributed by atoms with Gasteiger partial charge in [-0.05, 0) is 26.5 Å². The zero-order chi connectivity index (χ0) is 19.1. The van der Waals surface area contributed by atoms with Crippen molar-refractivity contribution in [2.24, 2.45) is 5.10 Å². The molecule has 1 aliphatic heterocycles. The first-order valence-electron chi connectivity index (χ1n) is 9.14. The summed E-state index contributed by atoms with van der Waals surface area (Å²) >= 11 is 0. The molecule has 0 radical (unpaired) electrons. The average Bonchev–Trinajstić information content (AvgIpc) is 3.00. The standard InChI is InChI=1S/C19H27N5O3/c1-14-10-19(27-15(14)2)23-21-13-16-11-17(26-7-4-20-3)12-18(22-16)24-5-8-25-9-6-24/h10-13,20,23H,4-9H2,1-3H3. The van der Waals surface area contributed by atoms with Crippen LogP contribution in [-0.2, 0) is 4.74 Å². The fourth-order valence-electron chi connectivity index (χ4n) is 2.68. The van der Waals surface area contributed by atoms with Gasteiger partial charge in [-0.1, -0.05) is 0 Å². The fourth-order valence-corrected chi connectivity index (χ4v) is 2.68. The molecule has 1 saturated heterocycles. The lowest BCUT2D eigenvalue weighted by atomic mass is 10.3. The first-order chi connectivity index (χ1) is 13.2. The highest BCUT2D eigenvalue weighted by Gasteiger charge is 2.14. The summed E-state index contributed by atoms with van der Waals surface area (Å²) < 4.78 is 16.8. The van der Waals surface area contributed by atoms with Crippen LogP contribution in [0.1, 0.15) is 17.0 Å². The third kappa shape index (κ3) is 5.45. The molecule has 1 aliphatic rings. The molecule has 0 saturated carbocycles. The van der Waals surface area contributed by atoms with Crippen molar-refractivity contribution in [1.82, 2.24) is 10.3 Å². The third-order valence-corrected chi connectivity index (χ3v) is 4.30. The van der Waals surface area contributed by atoms with Crippen LogP contribution < -0.4 is 20.4 Å². The Morgan fingerprint density at radius 1 is 1.26 bits per heavy atom. The van der Waals surface area contributed by atoms with E-state index in [1.165, 1.54) is 0 Å². The molecule has 8 heteroatoms. The van der Waals surface area contributed by atoms with E-state index in [2.05, 4.69) is 20.7 Å². The smallest absolute Gasteiger partial charge is 0.213 e. The lowest BCUT2D eigenvalue weighted by molar-refractivity contribution is 0.122. The fraction of sp³-hybridized carbons (Fsp3) is 0.474. The molecule has 0 bridgehead atoms. The number of aryl methyl sites for hydroxylation is 2. The molecule has 3 rings (SSSR count). The van der Waals surface area contributed by atoms with Crippen molar-refractivity contribution in [1.29, 1.82) is 0 Å². The van der Waals surface area contributed by atoms with Crippen LogP contribution >= 0.6 is 0 Å². The minimum atomic E-state index is 0.586. The minimum Gasteiger partial charge on any atom is -0.492 e. The van der Waals surface area contributed by atoms with Crippen molar-refractivity contribution in [2.45, 2.75) is 13.8 Å². The summed E-state index contributed by atoms with van der Waals surface area (Å²) in [4.78, 5) is 6.89.